The van der Waals surface area contributed by atoms with Crippen molar-refractivity contribution >= 4 is 0 Å². The van der Waals surface area contributed by atoms with Crippen LogP contribution in [-0.4, -0.2) is 11.2 Å². The minimum Gasteiger partial charge on any atom is -0.392 e. The molecule has 0 radical (unpaired) electrons. The van der Waals surface area contributed by atoms with E-state index >= 15 is 0 Å². The van der Waals surface area contributed by atoms with Gasteiger partial charge in [-0.05, 0) is 37.0 Å². The molecule has 0 amide bonds. The Labute approximate surface area is 73.8 Å². The van der Waals surface area contributed by atoms with E-state index in [0.29, 0.717) is 11.8 Å². The summed E-state index contributed by atoms with van der Waals surface area (Å²) in [6, 6.07) is 0. The molecule has 2 rings (SSSR count). The van der Waals surface area contributed by atoms with Crippen LogP contribution in [0, 0.1) is 17.8 Å². The molecule has 0 heterocycles. The molecule has 2 aliphatic rings. The van der Waals surface area contributed by atoms with E-state index in [1.54, 1.807) is 0 Å². The second kappa shape index (κ2) is 3.06. The first-order valence-electron chi connectivity index (χ1n) is 4.78. The zero-order valence-corrected chi connectivity index (χ0v) is 7.32. The van der Waals surface area contributed by atoms with Crippen LogP contribution in [0.5, 0.6) is 0 Å². The highest BCUT2D eigenvalue weighted by atomic mass is 16.3. The molecule has 1 saturated carbocycles. The minimum atomic E-state index is -0.151. The van der Waals surface area contributed by atoms with E-state index in [2.05, 4.69) is 18.7 Å². The molecule has 1 fully saturated rings. The quantitative estimate of drug-likeness (QED) is 0.633. The van der Waals surface area contributed by atoms with Crippen LogP contribution in [0.2, 0.25) is 0 Å². The van der Waals surface area contributed by atoms with E-state index in [-0.39, 0.29) is 6.10 Å². The third-order valence-corrected chi connectivity index (χ3v) is 3.23. The van der Waals surface area contributed by atoms with E-state index in [0.717, 1.165) is 12.3 Å². The lowest BCUT2D eigenvalue weighted by molar-refractivity contribution is 0.0961. The molecule has 0 aromatic carbocycles. The van der Waals surface area contributed by atoms with E-state index in [1.807, 2.05) is 6.08 Å². The molecule has 0 aromatic heterocycles. The summed E-state index contributed by atoms with van der Waals surface area (Å²) in [4.78, 5) is 0. The average molecular weight is 164 g/mol. The van der Waals surface area contributed by atoms with Gasteiger partial charge in [0.05, 0.1) is 6.10 Å². The standard InChI is InChI=1S/C11H16O/c1-2-3-11(12)10-7-8-4-5-9(10)6-8/h2,4-5,8-12H,1,3,6-7H2/t8-,9+,10-,11?/m0/s1. The fourth-order valence-electron chi connectivity index (χ4n) is 2.61. The topological polar surface area (TPSA) is 20.2 Å². The molecule has 0 aromatic rings. The Hall–Kier alpha value is -0.560. The Morgan fingerprint density at radius 3 is 2.83 bits per heavy atom. The van der Waals surface area contributed by atoms with Crippen LogP contribution < -0.4 is 0 Å². The Morgan fingerprint density at radius 1 is 1.50 bits per heavy atom. The summed E-state index contributed by atoms with van der Waals surface area (Å²) in [5.41, 5.74) is 0. The predicted molar refractivity (Wildman–Crippen MR) is 49.7 cm³/mol. The van der Waals surface area contributed by atoms with Crippen molar-refractivity contribution in [2.45, 2.75) is 25.4 Å². The minimum absolute atomic E-state index is 0.151. The molecule has 1 nitrogen and oxygen atoms in total. The van der Waals surface area contributed by atoms with Crippen LogP contribution >= 0.6 is 0 Å². The molecular formula is C11H16O. The van der Waals surface area contributed by atoms with Crippen molar-refractivity contribution in [3.05, 3.63) is 24.8 Å². The smallest absolute Gasteiger partial charge is 0.0608 e. The van der Waals surface area contributed by atoms with Crippen molar-refractivity contribution in [3.63, 3.8) is 0 Å². The van der Waals surface area contributed by atoms with Crippen LogP contribution in [0.15, 0.2) is 24.8 Å². The molecule has 66 valence electrons. The van der Waals surface area contributed by atoms with Gasteiger partial charge in [0.2, 0.25) is 0 Å². The van der Waals surface area contributed by atoms with Crippen molar-refractivity contribution in [2.75, 3.05) is 0 Å². The summed E-state index contributed by atoms with van der Waals surface area (Å²) in [6.45, 7) is 3.66. The van der Waals surface area contributed by atoms with Crippen molar-refractivity contribution in [1.29, 1.82) is 0 Å². The summed E-state index contributed by atoms with van der Waals surface area (Å²) < 4.78 is 0. The predicted octanol–water partition coefficient (Wildman–Crippen LogP) is 2.14. The third-order valence-electron chi connectivity index (χ3n) is 3.23. The Kier molecular flexibility index (Phi) is 2.05. The lowest BCUT2D eigenvalue weighted by Gasteiger charge is -2.22. The number of aliphatic hydroxyl groups is 1. The Balaban J connectivity index is 1.97. The summed E-state index contributed by atoms with van der Waals surface area (Å²) in [7, 11) is 0. The van der Waals surface area contributed by atoms with Gasteiger partial charge in [-0.15, -0.1) is 6.58 Å². The molecule has 4 atom stereocenters. The summed E-state index contributed by atoms with van der Waals surface area (Å²) in [6.07, 6.45) is 9.48. The van der Waals surface area contributed by atoms with E-state index in [1.165, 1.54) is 12.8 Å². The number of aliphatic hydroxyl groups excluding tert-OH is 1. The van der Waals surface area contributed by atoms with Gasteiger partial charge in [0.1, 0.15) is 0 Å². The number of allylic oxidation sites excluding steroid dienone is 2. The number of rotatable bonds is 3. The monoisotopic (exact) mass is 164 g/mol. The summed E-state index contributed by atoms with van der Waals surface area (Å²) in [5.74, 6) is 1.93. The van der Waals surface area contributed by atoms with Gasteiger partial charge in [-0.2, -0.15) is 0 Å². The summed E-state index contributed by atoms with van der Waals surface area (Å²) >= 11 is 0. The van der Waals surface area contributed by atoms with Crippen molar-refractivity contribution < 1.29 is 5.11 Å². The molecule has 12 heavy (non-hydrogen) atoms. The number of hydrogen-bond acceptors (Lipinski definition) is 1. The molecule has 2 bridgehead atoms. The van der Waals surface area contributed by atoms with Gasteiger partial charge in [0, 0.05) is 0 Å². The highest BCUT2D eigenvalue weighted by Crippen LogP contribution is 2.45. The van der Waals surface area contributed by atoms with Gasteiger partial charge in [0.25, 0.3) is 0 Å². The maximum absolute atomic E-state index is 9.77. The van der Waals surface area contributed by atoms with Gasteiger partial charge >= 0.3 is 0 Å². The van der Waals surface area contributed by atoms with Crippen molar-refractivity contribution in [1.82, 2.24) is 0 Å². The van der Waals surface area contributed by atoms with E-state index in [4.69, 9.17) is 0 Å². The van der Waals surface area contributed by atoms with Gasteiger partial charge in [-0.3, -0.25) is 0 Å². The van der Waals surface area contributed by atoms with Gasteiger partial charge in [-0.1, -0.05) is 18.2 Å². The second-order valence-electron chi connectivity index (χ2n) is 4.04. The first-order chi connectivity index (χ1) is 5.81. The van der Waals surface area contributed by atoms with Gasteiger partial charge in [0.15, 0.2) is 0 Å². The van der Waals surface area contributed by atoms with Crippen LogP contribution in [0.4, 0.5) is 0 Å². The Bertz CT molecular complexity index is 207. The van der Waals surface area contributed by atoms with Crippen molar-refractivity contribution in [2.24, 2.45) is 17.8 Å². The number of fused-ring (bicyclic) bond motifs is 2. The van der Waals surface area contributed by atoms with Crippen LogP contribution in [0.3, 0.4) is 0 Å². The normalized spacial score (nSPS) is 40.2. The molecule has 1 N–H and O–H groups in total. The highest BCUT2D eigenvalue weighted by Gasteiger charge is 2.38. The molecular weight excluding hydrogens is 148 g/mol. The van der Waals surface area contributed by atoms with Gasteiger partial charge in [-0.25, -0.2) is 0 Å². The first-order valence-corrected chi connectivity index (χ1v) is 4.78. The fraction of sp³-hybridized carbons (Fsp3) is 0.636. The molecule has 0 aliphatic heterocycles. The second-order valence-corrected chi connectivity index (χ2v) is 4.04. The zero-order chi connectivity index (χ0) is 8.55. The maximum atomic E-state index is 9.77. The number of hydrogen-bond donors (Lipinski definition) is 1. The third kappa shape index (κ3) is 1.22. The van der Waals surface area contributed by atoms with Crippen LogP contribution in [0.1, 0.15) is 19.3 Å². The maximum Gasteiger partial charge on any atom is 0.0608 e. The molecule has 0 spiro atoms. The van der Waals surface area contributed by atoms with Crippen molar-refractivity contribution in [3.8, 4) is 0 Å². The molecule has 1 unspecified atom stereocenters. The van der Waals surface area contributed by atoms with Crippen LogP contribution in [-0.2, 0) is 0 Å². The van der Waals surface area contributed by atoms with Gasteiger partial charge < -0.3 is 5.11 Å². The fourth-order valence-corrected chi connectivity index (χ4v) is 2.61. The molecule has 2 aliphatic carbocycles. The lowest BCUT2D eigenvalue weighted by atomic mass is 9.87. The summed E-state index contributed by atoms with van der Waals surface area (Å²) in [5, 5.41) is 9.77. The molecule has 1 heteroatoms. The first kappa shape index (κ1) is 8.06. The largest absolute Gasteiger partial charge is 0.392 e. The lowest BCUT2D eigenvalue weighted by Crippen LogP contribution is -2.23. The van der Waals surface area contributed by atoms with E-state index < -0.39 is 0 Å². The van der Waals surface area contributed by atoms with E-state index in [9.17, 15) is 5.11 Å². The highest BCUT2D eigenvalue weighted by molar-refractivity contribution is 5.11. The zero-order valence-electron chi connectivity index (χ0n) is 7.32. The SMILES string of the molecule is C=CCC(O)[C@H]1C[C@H]2C=C[C@@H]1C2. The average Bonchev–Trinajstić information content (AvgIpc) is 2.64. The Morgan fingerprint density at radius 2 is 2.33 bits per heavy atom. The van der Waals surface area contributed by atoms with Crippen LogP contribution in [0.25, 0.3) is 0 Å². The molecule has 0 saturated heterocycles.